The number of primary amides is 1. The Morgan fingerprint density at radius 3 is 2.26 bits per heavy atom. The zero-order chi connectivity index (χ0) is 14.4. The molecular weight excluding hydrogens is 240 g/mol. The van der Waals surface area contributed by atoms with E-state index in [-0.39, 0.29) is 17.9 Å². The second-order valence-corrected chi connectivity index (χ2v) is 5.36. The van der Waals surface area contributed by atoms with Gasteiger partial charge < -0.3 is 15.8 Å². The maximum Gasteiger partial charge on any atom is 0.240 e. The predicted molar refractivity (Wildman–Crippen MR) is 78.2 cm³/mol. The van der Waals surface area contributed by atoms with Gasteiger partial charge in [0.25, 0.3) is 0 Å². The highest BCUT2D eigenvalue weighted by molar-refractivity contribution is 5.83. The molecule has 0 heterocycles. The second kappa shape index (κ2) is 7.02. The van der Waals surface area contributed by atoms with Gasteiger partial charge in [-0.15, -0.1) is 0 Å². The van der Waals surface area contributed by atoms with Crippen molar-refractivity contribution in [1.29, 1.82) is 0 Å². The van der Waals surface area contributed by atoms with E-state index in [1.807, 2.05) is 31.2 Å². The van der Waals surface area contributed by atoms with E-state index in [0.29, 0.717) is 5.92 Å². The highest BCUT2D eigenvalue weighted by Crippen LogP contribution is 2.21. The van der Waals surface area contributed by atoms with Crippen molar-refractivity contribution in [1.82, 2.24) is 0 Å². The Bertz CT molecular complexity index is 401. The average molecular weight is 264 g/mol. The fraction of sp³-hybridized carbons (Fsp3) is 0.533. The summed E-state index contributed by atoms with van der Waals surface area (Å²) in [6.45, 7) is 6.33. The van der Waals surface area contributed by atoms with E-state index in [1.165, 1.54) is 0 Å². The summed E-state index contributed by atoms with van der Waals surface area (Å²) >= 11 is 0. The number of nitrogens with two attached hydrogens (primary N) is 1. The first-order chi connectivity index (χ1) is 8.93. The lowest BCUT2D eigenvalue weighted by Crippen LogP contribution is -2.41. The van der Waals surface area contributed by atoms with Gasteiger partial charge in [0, 0.05) is 5.69 Å². The van der Waals surface area contributed by atoms with Gasteiger partial charge in [-0.25, -0.2) is 0 Å². The van der Waals surface area contributed by atoms with E-state index in [4.69, 9.17) is 10.5 Å². The van der Waals surface area contributed by atoms with Crippen LogP contribution in [0, 0.1) is 11.8 Å². The molecule has 0 radical (unpaired) electrons. The molecule has 3 N–H and O–H groups in total. The molecule has 0 fully saturated rings. The summed E-state index contributed by atoms with van der Waals surface area (Å²) in [5, 5.41) is 3.20. The van der Waals surface area contributed by atoms with Gasteiger partial charge in [0.05, 0.1) is 7.11 Å². The van der Waals surface area contributed by atoms with Crippen molar-refractivity contribution >= 4 is 11.6 Å². The van der Waals surface area contributed by atoms with Gasteiger partial charge in [0.15, 0.2) is 0 Å². The molecule has 0 aliphatic rings. The van der Waals surface area contributed by atoms with Gasteiger partial charge >= 0.3 is 0 Å². The molecule has 1 aromatic carbocycles. The number of hydrogen-bond acceptors (Lipinski definition) is 3. The Morgan fingerprint density at radius 1 is 1.26 bits per heavy atom. The number of rotatable bonds is 7. The number of ether oxygens (including phenoxy) is 1. The molecular formula is C15H24N2O2. The molecule has 1 amide bonds. The molecule has 1 aromatic rings. The molecule has 0 spiro atoms. The van der Waals surface area contributed by atoms with Crippen molar-refractivity contribution in [2.24, 2.45) is 17.6 Å². The monoisotopic (exact) mass is 264 g/mol. The topological polar surface area (TPSA) is 64.3 Å². The van der Waals surface area contributed by atoms with Crippen LogP contribution in [0.3, 0.4) is 0 Å². The zero-order valence-electron chi connectivity index (χ0n) is 12.1. The number of hydrogen-bond donors (Lipinski definition) is 2. The molecule has 1 rings (SSSR count). The van der Waals surface area contributed by atoms with Crippen molar-refractivity contribution in [2.45, 2.75) is 33.2 Å². The Labute approximate surface area is 115 Å². The minimum absolute atomic E-state index is 0.194. The quantitative estimate of drug-likeness (QED) is 0.795. The third-order valence-electron chi connectivity index (χ3n) is 3.13. The van der Waals surface area contributed by atoms with Crippen LogP contribution in [-0.4, -0.2) is 19.1 Å². The Hall–Kier alpha value is -1.71. The number of carbonyl (C=O) groups is 1. The lowest BCUT2D eigenvalue weighted by molar-refractivity contribution is -0.119. The van der Waals surface area contributed by atoms with Gasteiger partial charge in [-0.3, -0.25) is 4.79 Å². The third-order valence-corrected chi connectivity index (χ3v) is 3.13. The summed E-state index contributed by atoms with van der Waals surface area (Å²) < 4.78 is 5.10. The molecule has 19 heavy (non-hydrogen) atoms. The van der Waals surface area contributed by atoms with Crippen molar-refractivity contribution in [3.8, 4) is 5.75 Å². The SMILES string of the molecule is COc1ccc(NC(C(N)=O)C(C)CC(C)C)cc1. The van der Waals surface area contributed by atoms with Gasteiger partial charge in [-0.05, 0) is 42.5 Å². The van der Waals surface area contributed by atoms with Gasteiger partial charge in [-0.1, -0.05) is 20.8 Å². The normalized spacial score (nSPS) is 13.9. The zero-order valence-corrected chi connectivity index (χ0v) is 12.1. The number of benzene rings is 1. The van der Waals surface area contributed by atoms with Crippen LogP contribution in [0.5, 0.6) is 5.75 Å². The van der Waals surface area contributed by atoms with Crippen molar-refractivity contribution in [3.63, 3.8) is 0 Å². The first kappa shape index (κ1) is 15.3. The first-order valence-corrected chi connectivity index (χ1v) is 6.64. The summed E-state index contributed by atoms with van der Waals surface area (Å²) in [6.07, 6.45) is 0.955. The maximum atomic E-state index is 11.6. The van der Waals surface area contributed by atoms with Crippen molar-refractivity contribution in [3.05, 3.63) is 24.3 Å². The van der Waals surface area contributed by atoms with E-state index in [0.717, 1.165) is 17.9 Å². The number of methoxy groups -OCH3 is 1. The number of carbonyl (C=O) groups excluding carboxylic acids is 1. The van der Waals surface area contributed by atoms with E-state index < -0.39 is 0 Å². The first-order valence-electron chi connectivity index (χ1n) is 6.64. The molecule has 4 nitrogen and oxygen atoms in total. The largest absolute Gasteiger partial charge is 0.497 e. The minimum Gasteiger partial charge on any atom is -0.497 e. The fourth-order valence-corrected chi connectivity index (χ4v) is 2.24. The molecule has 2 unspecified atom stereocenters. The summed E-state index contributed by atoms with van der Waals surface area (Å²) in [7, 11) is 1.62. The van der Waals surface area contributed by atoms with Crippen LogP contribution >= 0.6 is 0 Å². The molecule has 0 aliphatic heterocycles. The average Bonchev–Trinajstić information content (AvgIpc) is 2.35. The van der Waals surface area contributed by atoms with Crippen LogP contribution in [0.4, 0.5) is 5.69 Å². The predicted octanol–water partition coefficient (Wildman–Crippen LogP) is 2.64. The molecule has 2 atom stereocenters. The van der Waals surface area contributed by atoms with Crippen molar-refractivity contribution in [2.75, 3.05) is 12.4 Å². The van der Waals surface area contributed by atoms with Crippen LogP contribution in [0.1, 0.15) is 27.2 Å². The molecule has 106 valence electrons. The van der Waals surface area contributed by atoms with Crippen LogP contribution < -0.4 is 15.8 Å². The minimum atomic E-state index is -0.351. The lowest BCUT2D eigenvalue weighted by atomic mass is 9.91. The number of anilines is 1. The summed E-state index contributed by atoms with van der Waals surface area (Å²) in [5.41, 5.74) is 6.37. The number of amides is 1. The lowest BCUT2D eigenvalue weighted by Gasteiger charge is -2.24. The van der Waals surface area contributed by atoms with Gasteiger partial charge in [0.2, 0.25) is 5.91 Å². The van der Waals surface area contributed by atoms with Crippen LogP contribution in [0.25, 0.3) is 0 Å². The van der Waals surface area contributed by atoms with Crippen LogP contribution in [0.15, 0.2) is 24.3 Å². The van der Waals surface area contributed by atoms with E-state index in [2.05, 4.69) is 19.2 Å². The van der Waals surface area contributed by atoms with E-state index >= 15 is 0 Å². The summed E-state index contributed by atoms with van der Waals surface area (Å²) in [5.74, 6) is 1.20. The highest BCUT2D eigenvalue weighted by Gasteiger charge is 2.23. The Balaban J connectivity index is 2.74. The molecule has 0 aromatic heterocycles. The standard InChI is InChI=1S/C15H24N2O2/c1-10(2)9-11(3)14(15(16)18)17-12-5-7-13(19-4)8-6-12/h5-8,10-11,14,17H,9H2,1-4H3,(H2,16,18). The smallest absolute Gasteiger partial charge is 0.240 e. The van der Waals surface area contributed by atoms with Crippen LogP contribution in [-0.2, 0) is 4.79 Å². The van der Waals surface area contributed by atoms with Crippen molar-refractivity contribution < 1.29 is 9.53 Å². The van der Waals surface area contributed by atoms with Gasteiger partial charge in [-0.2, -0.15) is 0 Å². The summed E-state index contributed by atoms with van der Waals surface area (Å²) in [4.78, 5) is 11.6. The molecule has 0 bridgehead atoms. The molecule has 4 heteroatoms. The molecule has 0 aliphatic carbocycles. The van der Waals surface area contributed by atoms with E-state index in [9.17, 15) is 4.79 Å². The third kappa shape index (κ3) is 4.81. The maximum absolute atomic E-state index is 11.6. The van der Waals surface area contributed by atoms with Gasteiger partial charge in [0.1, 0.15) is 11.8 Å². The molecule has 0 saturated heterocycles. The summed E-state index contributed by atoms with van der Waals surface area (Å²) in [6, 6.07) is 7.13. The Kier molecular flexibility index (Phi) is 5.67. The fourth-order valence-electron chi connectivity index (χ4n) is 2.24. The number of nitrogens with one attached hydrogen (secondary N) is 1. The molecule has 0 saturated carbocycles. The Morgan fingerprint density at radius 2 is 1.84 bits per heavy atom. The highest BCUT2D eigenvalue weighted by atomic mass is 16.5. The second-order valence-electron chi connectivity index (χ2n) is 5.36. The van der Waals surface area contributed by atoms with E-state index in [1.54, 1.807) is 7.11 Å². The van der Waals surface area contributed by atoms with Crippen LogP contribution in [0.2, 0.25) is 0 Å².